The van der Waals surface area contributed by atoms with Crippen molar-refractivity contribution in [3.05, 3.63) is 34.9 Å². The fourth-order valence-corrected chi connectivity index (χ4v) is 3.79. The molecule has 0 aromatic heterocycles. The van der Waals surface area contributed by atoms with E-state index in [0.717, 1.165) is 11.1 Å². The first-order valence-corrected chi connectivity index (χ1v) is 12.9. The SMILES string of the molecule is CCOC(=O)CCNC(=O)C(c1cccc(C)c1C)N(C(=O)C(C)NC(=O)OC(C)(C)C)C(C)(C)CC. The summed E-state index contributed by atoms with van der Waals surface area (Å²) in [4.78, 5) is 53.4. The molecule has 2 unspecified atom stereocenters. The number of hydrogen-bond donors (Lipinski definition) is 2. The monoisotopic (exact) mass is 519 g/mol. The number of nitrogens with zero attached hydrogens (tertiary/aromatic N) is 1. The number of amides is 3. The first-order valence-electron chi connectivity index (χ1n) is 12.9. The Kier molecular flexibility index (Phi) is 11.6. The van der Waals surface area contributed by atoms with Crippen LogP contribution in [0.5, 0.6) is 0 Å². The standard InChI is InChI=1S/C28H45N3O6/c1-11-28(9,10)31(25(34)20(5)30-26(35)37-27(6,7)8)23(21-15-13-14-18(3)19(21)4)24(33)29-17-16-22(32)36-12-2/h13-15,20,23H,11-12,16-17H2,1-10H3,(H,29,33)(H,30,35). The smallest absolute Gasteiger partial charge is 0.408 e. The summed E-state index contributed by atoms with van der Waals surface area (Å²) in [5, 5.41) is 5.42. The normalized spacial score (nSPS) is 13.2. The quantitative estimate of drug-likeness (QED) is 0.420. The number of nitrogens with one attached hydrogen (secondary N) is 2. The number of alkyl carbamates (subject to hydrolysis) is 1. The molecule has 0 heterocycles. The Morgan fingerprint density at radius 3 is 2.19 bits per heavy atom. The number of esters is 1. The second-order valence-corrected chi connectivity index (χ2v) is 10.8. The molecule has 2 N–H and O–H groups in total. The summed E-state index contributed by atoms with van der Waals surface area (Å²) >= 11 is 0. The number of hydrogen-bond acceptors (Lipinski definition) is 6. The molecule has 0 aliphatic carbocycles. The van der Waals surface area contributed by atoms with Crippen molar-refractivity contribution in [2.45, 2.75) is 105 Å². The van der Waals surface area contributed by atoms with Gasteiger partial charge in [0.25, 0.3) is 0 Å². The van der Waals surface area contributed by atoms with Gasteiger partial charge in [-0.2, -0.15) is 0 Å². The molecule has 37 heavy (non-hydrogen) atoms. The Hall–Kier alpha value is -3.10. The molecule has 1 rings (SSSR count). The molecule has 9 nitrogen and oxygen atoms in total. The predicted octanol–water partition coefficient (Wildman–Crippen LogP) is 4.34. The van der Waals surface area contributed by atoms with Crippen LogP contribution in [-0.2, 0) is 23.9 Å². The van der Waals surface area contributed by atoms with E-state index in [0.29, 0.717) is 12.0 Å². The summed E-state index contributed by atoms with van der Waals surface area (Å²) in [5.41, 5.74) is 1.05. The van der Waals surface area contributed by atoms with Crippen molar-refractivity contribution in [2.75, 3.05) is 13.2 Å². The van der Waals surface area contributed by atoms with E-state index in [2.05, 4.69) is 10.6 Å². The van der Waals surface area contributed by atoms with E-state index in [9.17, 15) is 19.2 Å². The van der Waals surface area contributed by atoms with Gasteiger partial charge in [0.15, 0.2) is 0 Å². The largest absolute Gasteiger partial charge is 0.466 e. The number of aryl methyl sites for hydroxylation is 1. The highest BCUT2D eigenvalue weighted by atomic mass is 16.6. The van der Waals surface area contributed by atoms with Crippen molar-refractivity contribution in [1.29, 1.82) is 0 Å². The summed E-state index contributed by atoms with van der Waals surface area (Å²) in [6, 6.07) is 3.67. The molecular weight excluding hydrogens is 474 g/mol. The van der Waals surface area contributed by atoms with Gasteiger partial charge in [-0.25, -0.2) is 4.79 Å². The van der Waals surface area contributed by atoms with Gasteiger partial charge in [-0.05, 0) is 85.4 Å². The third-order valence-corrected chi connectivity index (χ3v) is 6.24. The molecule has 0 aliphatic heterocycles. The van der Waals surface area contributed by atoms with Crippen LogP contribution in [0.2, 0.25) is 0 Å². The third kappa shape index (κ3) is 9.37. The lowest BCUT2D eigenvalue weighted by molar-refractivity contribution is -0.149. The van der Waals surface area contributed by atoms with Crippen LogP contribution in [0.3, 0.4) is 0 Å². The fourth-order valence-electron chi connectivity index (χ4n) is 3.79. The van der Waals surface area contributed by atoms with Gasteiger partial charge in [-0.1, -0.05) is 25.1 Å². The van der Waals surface area contributed by atoms with Crippen LogP contribution in [0, 0.1) is 13.8 Å². The van der Waals surface area contributed by atoms with Crippen LogP contribution in [0.15, 0.2) is 18.2 Å². The maximum atomic E-state index is 13.9. The topological polar surface area (TPSA) is 114 Å². The zero-order valence-electron chi connectivity index (χ0n) is 24.1. The minimum absolute atomic E-state index is 0.0147. The molecule has 0 saturated carbocycles. The molecule has 0 fully saturated rings. The maximum Gasteiger partial charge on any atom is 0.408 e. The second-order valence-electron chi connectivity index (χ2n) is 10.8. The summed E-state index contributed by atoms with van der Waals surface area (Å²) in [7, 11) is 0. The molecule has 9 heteroatoms. The van der Waals surface area contributed by atoms with Crippen LogP contribution in [-0.4, -0.2) is 59.1 Å². The van der Waals surface area contributed by atoms with E-state index in [1.807, 2.05) is 52.8 Å². The van der Waals surface area contributed by atoms with Gasteiger partial charge in [-0.15, -0.1) is 0 Å². The molecular formula is C28H45N3O6. The van der Waals surface area contributed by atoms with Crippen LogP contribution in [0.25, 0.3) is 0 Å². The zero-order valence-corrected chi connectivity index (χ0v) is 24.1. The number of carbonyl (C=O) groups excluding carboxylic acids is 4. The summed E-state index contributed by atoms with van der Waals surface area (Å²) < 4.78 is 10.3. The van der Waals surface area contributed by atoms with Crippen molar-refractivity contribution in [3.63, 3.8) is 0 Å². The number of carbonyl (C=O) groups is 4. The summed E-state index contributed by atoms with van der Waals surface area (Å²) in [6.07, 6.45) is -0.152. The molecule has 1 aromatic rings. The lowest BCUT2D eigenvalue weighted by Crippen LogP contribution is -2.58. The number of benzene rings is 1. The highest BCUT2D eigenvalue weighted by molar-refractivity contribution is 5.92. The first-order chi connectivity index (χ1) is 17.1. The van der Waals surface area contributed by atoms with E-state index >= 15 is 0 Å². The third-order valence-electron chi connectivity index (χ3n) is 6.24. The van der Waals surface area contributed by atoms with Crippen LogP contribution < -0.4 is 10.6 Å². The molecule has 0 radical (unpaired) electrons. The number of ether oxygens (including phenoxy) is 2. The van der Waals surface area contributed by atoms with Crippen molar-refractivity contribution in [3.8, 4) is 0 Å². The molecule has 208 valence electrons. The summed E-state index contributed by atoms with van der Waals surface area (Å²) in [5.74, 6) is -1.26. The Bertz CT molecular complexity index is 967. The average Bonchev–Trinajstić information content (AvgIpc) is 2.77. The Labute approximate surface area is 221 Å². The highest BCUT2D eigenvalue weighted by Gasteiger charge is 2.42. The Morgan fingerprint density at radius 2 is 1.65 bits per heavy atom. The van der Waals surface area contributed by atoms with Crippen molar-refractivity contribution in [1.82, 2.24) is 15.5 Å². The van der Waals surface area contributed by atoms with Crippen LogP contribution in [0.4, 0.5) is 4.79 Å². The summed E-state index contributed by atoms with van der Waals surface area (Å²) in [6.45, 7) is 18.4. The van der Waals surface area contributed by atoms with Gasteiger partial charge in [0.1, 0.15) is 17.7 Å². The molecule has 3 amide bonds. The van der Waals surface area contributed by atoms with E-state index in [-0.39, 0.29) is 19.6 Å². The van der Waals surface area contributed by atoms with Gasteiger partial charge in [0.2, 0.25) is 11.8 Å². The van der Waals surface area contributed by atoms with E-state index in [1.54, 1.807) is 34.6 Å². The minimum Gasteiger partial charge on any atom is -0.466 e. The van der Waals surface area contributed by atoms with Gasteiger partial charge in [-0.3, -0.25) is 14.4 Å². The predicted molar refractivity (Wildman–Crippen MR) is 143 cm³/mol. The van der Waals surface area contributed by atoms with E-state index in [4.69, 9.17) is 9.47 Å². The molecule has 0 saturated heterocycles. The fraction of sp³-hybridized carbons (Fsp3) is 0.643. The minimum atomic E-state index is -0.993. The van der Waals surface area contributed by atoms with Crippen molar-refractivity contribution >= 4 is 23.9 Å². The van der Waals surface area contributed by atoms with Crippen molar-refractivity contribution < 1.29 is 28.7 Å². The van der Waals surface area contributed by atoms with Crippen molar-refractivity contribution in [2.24, 2.45) is 0 Å². The van der Waals surface area contributed by atoms with Gasteiger partial charge < -0.3 is 25.0 Å². The van der Waals surface area contributed by atoms with Gasteiger partial charge in [0, 0.05) is 12.1 Å². The molecule has 2 atom stereocenters. The Balaban J connectivity index is 3.47. The van der Waals surface area contributed by atoms with E-state index in [1.165, 1.54) is 4.90 Å². The molecule has 0 aliphatic rings. The molecule has 0 spiro atoms. The lowest BCUT2D eigenvalue weighted by Gasteiger charge is -2.44. The lowest BCUT2D eigenvalue weighted by atomic mass is 9.89. The average molecular weight is 520 g/mol. The highest BCUT2D eigenvalue weighted by Crippen LogP contribution is 2.34. The van der Waals surface area contributed by atoms with Gasteiger partial charge in [0.05, 0.1) is 13.0 Å². The zero-order chi connectivity index (χ0) is 28.6. The second kappa shape index (κ2) is 13.4. The maximum absolute atomic E-state index is 13.9. The molecule has 1 aromatic carbocycles. The van der Waals surface area contributed by atoms with Gasteiger partial charge >= 0.3 is 12.1 Å². The molecule has 0 bridgehead atoms. The Morgan fingerprint density at radius 1 is 1.03 bits per heavy atom. The van der Waals surface area contributed by atoms with E-state index < -0.39 is 47.1 Å². The van der Waals surface area contributed by atoms with Crippen LogP contribution >= 0.6 is 0 Å². The first kappa shape index (κ1) is 31.9. The number of rotatable bonds is 11. The van der Waals surface area contributed by atoms with Crippen LogP contribution in [0.1, 0.15) is 91.0 Å².